The maximum Gasteiger partial charge on any atom is 0.323 e. The van der Waals surface area contributed by atoms with Gasteiger partial charge in [-0.05, 0) is 75.0 Å². The third-order valence-electron chi connectivity index (χ3n) is 6.70. The second-order valence-electron chi connectivity index (χ2n) is 9.02. The van der Waals surface area contributed by atoms with Crippen LogP contribution in [-0.2, 0) is 19.1 Å². The Morgan fingerprint density at radius 2 is 1.64 bits per heavy atom. The van der Waals surface area contributed by atoms with Gasteiger partial charge >= 0.3 is 11.9 Å². The number of hydrogen-bond acceptors (Lipinski definition) is 4. The van der Waals surface area contributed by atoms with Crippen molar-refractivity contribution >= 4 is 11.9 Å². The molecule has 0 aliphatic heterocycles. The van der Waals surface area contributed by atoms with Crippen LogP contribution in [0.1, 0.15) is 73.6 Å². The van der Waals surface area contributed by atoms with Crippen molar-refractivity contribution in [1.82, 2.24) is 0 Å². The quantitative estimate of drug-likeness (QED) is 0.473. The third kappa shape index (κ3) is 3.73. The molecule has 0 aromatic carbocycles. The average Bonchev–Trinajstić information content (AvgIpc) is 2.54. The zero-order valence-corrected chi connectivity index (χ0v) is 16.9. The number of esters is 2. The SMILES string of the molecule is CCOC(=O)C(CC(C)C)(CC1CCC2CC1C2(C)C)C(=O)OCC. The van der Waals surface area contributed by atoms with Gasteiger partial charge in [-0.25, -0.2) is 0 Å². The monoisotopic (exact) mass is 352 g/mol. The summed E-state index contributed by atoms with van der Waals surface area (Å²) in [4.78, 5) is 25.9. The molecule has 3 saturated carbocycles. The second-order valence-corrected chi connectivity index (χ2v) is 9.02. The summed E-state index contributed by atoms with van der Waals surface area (Å²) in [6.45, 7) is 13.0. The zero-order valence-electron chi connectivity index (χ0n) is 16.9. The van der Waals surface area contributed by atoms with Gasteiger partial charge in [-0.2, -0.15) is 0 Å². The van der Waals surface area contributed by atoms with Crippen LogP contribution in [0.4, 0.5) is 0 Å². The molecule has 0 N–H and O–H groups in total. The molecule has 144 valence electrons. The van der Waals surface area contributed by atoms with Gasteiger partial charge in [0.15, 0.2) is 5.41 Å². The Labute approximate surface area is 153 Å². The number of fused-ring (bicyclic) bond motifs is 2. The first kappa shape index (κ1) is 20.3. The van der Waals surface area contributed by atoms with Gasteiger partial charge in [-0.3, -0.25) is 9.59 Å². The topological polar surface area (TPSA) is 52.6 Å². The number of carbonyl (C=O) groups excluding carboxylic acids is 2. The Bertz CT molecular complexity index is 474. The lowest BCUT2D eigenvalue weighted by Crippen LogP contribution is -2.55. The molecular weight excluding hydrogens is 316 g/mol. The van der Waals surface area contributed by atoms with E-state index in [0.717, 1.165) is 12.3 Å². The maximum atomic E-state index is 12.9. The highest BCUT2D eigenvalue weighted by molar-refractivity contribution is 6.00. The highest BCUT2D eigenvalue weighted by Crippen LogP contribution is 2.63. The summed E-state index contributed by atoms with van der Waals surface area (Å²) in [5.74, 6) is 1.25. The van der Waals surface area contributed by atoms with E-state index in [0.29, 0.717) is 43.3 Å². The van der Waals surface area contributed by atoms with E-state index >= 15 is 0 Å². The Morgan fingerprint density at radius 1 is 1.08 bits per heavy atom. The van der Waals surface area contributed by atoms with Gasteiger partial charge in [0.25, 0.3) is 0 Å². The van der Waals surface area contributed by atoms with Crippen molar-refractivity contribution in [2.24, 2.45) is 34.5 Å². The zero-order chi connectivity index (χ0) is 18.8. The first-order chi connectivity index (χ1) is 11.7. The van der Waals surface area contributed by atoms with Gasteiger partial charge in [0, 0.05) is 0 Å². The summed E-state index contributed by atoms with van der Waals surface area (Å²) in [5, 5.41) is 0. The van der Waals surface area contributed by atoms with E-state index in [1.54, 1.807) is 13.8 Å². The minimum atomic E-state index is -1.15. The van der Waals surface area contributed by atoms with Crippen LogP contribution in [0, 0.1) is 34.5 Å². The Hall–Kier alpha value is -1.06. The van der Waals surface area contributed by atoms with Crippen molar-refractivity contribution in [2.75, 3.05) is 13.2 Å². The fraction of sp³-hybridized carbons (Fsp3) is 0.905. The minimum absolute atomic E-state index is 0.222. The predicted molar refractivity (Wildman–Crippen MR) is 97.9 cm³/mol. The molecule has 4 nitrogen and oxygen atoms in total. The molecule has 0 amide bonds. The second kappa shape index (κ2) is 7.67. The lowest BCUT2D eigenvalue weighted by molar-refractivity contribution is -0.180. The van der Waals surface area contributed by atoms with E-state index in [2.05, 4.69) is 27.7 Å². The van der Waals surface area contributed by atoms with E-state index in [1.807, 2.05) is 0 Å². The van der Waals surface area contributed by atoms with E-state index in [1.165, 1.54) is 12.8 Å². The van der Waals surface area contributed by atoms with Gasteiger partial charge in [0.05, 0.1) is 13.2 Å². The van der Waals surface area contributed by atoms with Crippen LogP contribution in [0.15, 0.2) is 0 Å². The fourth-order valence-corrected chi connectivity index (χ4v) is 5.39. The number of hydrogen-bond donors (Lipinski definition) is 0. The summed E-state index contributed by atoms with van der Waals surface area (Å²) in [5.41, 5.74) is -0.820. The molecule has 3 aliphatic rings. The summed E-state index contributed by atoms with van der Waals surface area (Å²) in [7, 11) is 0. The Balaban J connectivity index is 2.31. The van der Waals surface area contributed by atoms with E-state index < -0.39 is 5.41 Å². The van der Waals surface area contributed by atoms with Crippen LogP contribution in [0.25, 0.3) is 0 Å². The summed E-state index contributed by atoms with van der Waals surface area (Å²) in [6.07, 6.45) is 4.62. The van der Waals surface area contributed by atoms with Crippen molar-refractivity contribution < 1.29 is 19.1 Å². The first-order valence-corrected chi connectivity index (χ1v) is 10.0. The molecule has 3 aliphatic carbocycles. The van der Waals surface area contributed by atoms with Crippen LogP contribution in [0.3, 0.4) is 0 Å². The van der Waals surface area contributed by atoms with Crippen molar-refractivity contribution in [3.8, 4) is 0 Å². The molecule has 25 heavy (non-hydrogen) atoms. The molecule has 4 heteroatoms. The van der Waals surface area contributed by atoms with Crippen LogP contribution in [0.5, 0.6) is 0 Å². The van der Waals surface area contributed by atoms with Crippen LogP contribution in [0.2, 0.25) is 0 Å². The highest BCUT2D eigenvalue weighted by atomic mass is 16.6. The number of carbonyl (C=O) groups is 2. The molecule has 0 saturated heterocycles. The Morgan fingerprint density at radius 3 is 2.04 bits per heavy atom. The lowest BCUT2D eigenvalue weighted by Gasteiger charge is -2.61. The molecule has 0 radical (unpaired) electrons. The molecule has 0 aromatic heterocycles. The number of rotatable bonds is 8. The molecule has 3 unspecified atom stereocenters. The minimum Gasteiger partial charge on any atom is -0.465 e. The van der Waals surface area contributed by atoms with Crippen molar-refractivity contribution in [3.63, 3.8) is 0 Å². The molecular formula is C21H36O4. The molecule has 0 spiro atoms. The Kier molecular flexibility index (Phi) is 6.22. The predicted octanol–water partition coefficient (Wildman–Crippen LogP) is 4.61. The van der Waals surface area contributed by atoms with Gasteiger partial charge in [-0.1, -0.05) is 27.7 Å². The molecule has 3 atom stereocenters. The maximum absolute atomic E-state index is 12.9. The highest BCUT2D eigenvalue weighted by Gasteiger charge is 2.58. The standard InChI is InChI=1S/C21H36O4/c1-7-24-18(22)21(12-14(3)4,19(23)25-8-2)13-15-9-10-16-11-17(15)20(16,5)6/h14-17H,7-13H2,1-6H3. The van der Waals surface area contributed by atoms with Gasteiger partial charge in [0.1, 0.15) is 0 Å². The van der Waals surface area contributed by atoms with Crippen LogP contribution >= 0.6 is 0 Å². The summed E-state index contributed by atoms with van der Waals surface area (Å²) >= 11 is 0. The van der Waals surface area contributed by atoms with Crippen LogP contribution < -0.4 is 0 Å². The van der Waals surface area contributed by atoms with Gasteiger partial charge in [-0.15, -0.1) is 0 Å². The normalized spacial score (nSPS) is 27.6. The van der Waals surface area contributed by atoms with Gasteiger partial charge in [0.2, 0.25) is 0 Å². The first-order valence-electron chi connectivity index (χ1n) is 10.0. The average molecular weight is 353 g/mol. The largest absolute Gasteiger partial charge is 0.465 e. The molecule has 0 aromatic rings. The fourth-order valence-electron chi connectivity index (χ4n) is 5.39. The molecule has 2 bridgehead atoms. The molecule has 0 heterocycles. The van der Waals surface area contributed by atoms with Gasteiger partial charge < -0.3 is 9.47 Å². The van der Waals surface area contributed by atoms with E-state index in [4.69, 9.17) is 9.47 Å². The van der Waals surface area contributed by atoms with E-state index in [-0.39, 0.29) is 17.9 Å². The number of ether oxygens (including phenoxy) is 2. The smallest absolute Gasteiger partial charge is 0.323 e. The lowest BCUT2D eigenvalue weighted by atomic mass is 9.44. The van der Waals surface area contributed by atoms with Crippen molar-refractivity contribution in [3.05, 3.63) is 0 Å². The third-order valence-corrected chi connectivity index (χ3v) is 6.70. The van der Waals surface area contributed by atoms with Crippen molar-refractivity contribution in [2.45, 2.75) is 73.6 Å². The van der Waals surface area contributed by atoms with Crippen LogP contribution in [-0.4, -0.2) is 25.2 Å². The van der Waals surface area contributed by atoms with E-state index in [9.17, 15) is 9.59 Å². The molecule has 3 fully saturated rings. The van der Waals surface area contributed by atoms with Crippen molar-refractivity contribution in [1.29, 1.82) is 0 Å². The summed E-state index contributed by atoms with van der Waals surface area (Å²) < 4.78 is 10.8. The molecule has 3 rings (SSSR count). The summed E-state index contributed by atoms with van der Waals surface area (Å²) in [6, 6.07) is 0.